The van der Waals surface area contributed by atoms with Crippen LogP contribution in [-0.4, -0.2) is 15.5 Å². The first-order valence-electron chi connectivity index (χ1n) is 11.5. The SMILES string of the molecule is O=C1Nc2cc(CCn3ccccc3=O)ccc2Nc2cc(-c3cccc4cnccc34)ccc21. The minimum Gasteiger partial charge on any atom is -0.353 e. The monoisotopic (exact) mass is 458 g/mol. The molecule has 0 saturated carbocycles. The summed E-state index contributed by atoms with van der Waals surface area (Å²) in [5.41, 5.74) is 6.03. The van der Waals surface area contributed by atoms with Gasteiger partial charge in [0.05, 0.1) is 22.6 Å². The summed E-state index contributed by atoms with van der Waals surface area (Å²) in [6.45, 7) is 0.573. The molecule has 0 spiro atoms. The van der Waals surface area contributed by atoms with Crippen LogP contribution in [0.3, 0.4) is 0 Å². The van der Waals surface area contributed by atoms with E-state index in [1.165, 1.54) is 0 Å². The summed E-state index contributed by atoms with van der Waals surface area (Å²) in [5, 5.41) is 8.67. The Bertz CT molecular complexity index is 1650. The second-order valence-corrected chi connectivity index (χ2v) is 8.60. The summed E-state index contributed by atoms with van der Waals surface area (Å²) in [5.74, 6) is -0.156. The zero-order chi connectivity index (χ0) is 23.8. The summed E-state index contributed by atoms with van der Waals surface area (Å²) in [6.07, 6.45) is 6.12. The molecule has 2 aromatic heterocycles. The third-order valence-electron chi connectivity index (χ3n) is 6.40. The molecule has 0 saturated heterocycles. The highest BCUT2D eigenvalue weighted by Crippen LogP contribution is 2.36. The van der Waals surface area contributed by atoms with Crippen molar-refractivity contribution >= 4 is 33.7 Å². The zero-order valence-electron chi connectivity index (χ0n) is 18.9. The number of aromatic nitrogens is 2. The fourth-order valence-electron chi connectivity index (χ4n) is 4.58. The lowest BCUT2D eigenvalue weighted by Gasteiger charge is -2.13. The van der Waals surface area contributed by atoms with Crippen LogP contribution in [0.1, 0.15) is 15.9 Å². The van der Waals surface area contributed by atoms with Crippen LogP contribution in [0, 0.1) is 0 Å². The first-order valence-corrected chi connectivity index (χ1v) is 11.5. The molecular weight excluding hydrogens is 436 g/mol. The van der Waals surface area contributed by atoms with Gasteiger partial charge in [0, 0.05) is 36.6 Å². The van der Waals surface area contributed by atoms with Crippen molar-refractivity contribution in [3.8, 4) is 11.1 Å². The van der Waals surface area contributed by atoms with Crippen molar-refractivity contribution < 1.29 is 4.79 Å². The first-order chi connectivity index (χ1) is 17.2. The van der Waals surface area contributed by atoms with Crippen LogP contribution in [-0.2, 0) is 13.0 Å². The lowest BCUT2D eigenvalue weighted by atomic mass is 9.97. The largest absolute Gasteiger partial charge is 0.353 e. The van der Waals surface area contributed by atoms with Gasteiger partial charge in [0.2, 0.25) is 0 Å². The van der Waals surface area contributed by atoms with Gasteiger partial charge in [0.15, 0.2) is 0 Å². The average molecular weight is 459 g/mol. The van der Waals surface area contributed by atoms with Crippen LogP contribution in [0.5, 0.6) is 0 Å². The normalized spacial score (nSPS) is 12.3. The Morgan fingerprint density at radius 2 is 1.71 bits per heavy atom. The van der Waals surface area contributed by atoms with Gasteiger partial charge in [-0.25, -0.2) is 0 Å². The number of fused-ring (bicyclic) bond motifs is 3. The maximum Gasteiger partial charge on any atom is 0.257 e. The second-order valence-electron chi connectivity index (χ2n) is 8.60. The minimum absolute atomic E-state index is 0.0223. The Labute approximate surface area is 201 Å². The summed E-state index contributed by atoms with van der Waals surface area (Å²) < 4.78 is 1.68. The number of hydrogen-bond donors (Lipinski definition) is 2. The van der Waals surface area contributed by atoms with Crippen LogP contribution in [0.15, 0.2) is 102 Å². The van der Waals surface area contributed by atoms with Gasteiger partial charge in [0.1, 0.15) is 0 Å². The van der Waals surface area contributed by atoms with E-state index < -0.39 is 0 Å². The third-order valence-corrected chi connectivity index (χ3v) is 6.40. The lowest BCUT2D eigenvalue weighted by Crippen LogP contribution is -2.18. The van der Waals surface area contributed by atoms with Crippen LogP contribution >= 0.6 is 0 Å². The highest BCUT2D eigenvalue weighted by atomic mass is 16.1. The zero-order valence-corrected chi connectivity index (χ0v) is 18.9. The average Bonchev–Trinajstić information content (AvgIpc) is 3.02. The van der Waals surface area contributed by atoms with Crippen molar-refractivity contribution in [2.45, 2.75) is 13.0 Å². The van der Waals surface area contributed by atoms with Gasteiger partial charge >= 0.3 is 0 Å². The molecular formula is C29H22N4O2. The number of aryl methyl sites for hydroxylation is 2. The van der Waals surface area contributed by atoms with E-state index >= 15 is 0 Å². The van der Waals surface area contributed by atoms with E-state index in [-0.39, 0.29) is 11.5 Å². The van der Waals surface area contributed by atoms with Crippen molar-refractivity contribution in [3.63, 3.8) is 0 Å². The number of pyridine rings is 2. The molecule has 3 heterocycles. The Morgan fingerprint density at radius 1 is 0.771 bits per heavy atom. The summed E-state index contributed by atoms with van der Waals surface area (Å²) >= 11 is 0. The van der Waals surface area contributed by atoms with E-state index in [4.69, 9.17) is 0 Å². The fraction of sp³-hybridized carbons (Fsp3) is 0.0690. The predicted molar refractivity (Wildman–Crippen MR) is 139 cm³/mol. The minimum atomic E-state index is -0.156. The molecule has 1 aliphatic rings. The Kier molecular flexibility index (Phi) is 5.11. The molecule has 0 bridgehead atoms. The number of carbonyl (C=O) groups excluding carboxylic acids is 1. The first kappa shape index (κ1) is 20.9. The molecule has 6 nitrogen and oxygen atoms in total. The van der Waals surface area contributed by atoms with Crippen LogP contribution in [0.25, 0.3) is 21.9 Å². The number of nitrogens with zero attached hydrogens (tertiary/aromatic N) is 2. The van der Waals surface area contributed by atoms with Gasteiger partial charge in [-0.3, -0.25) is 14.6 Å². The molecule has 1 amide bonds. The number of carbonyl (C=O) groups is 1. The van der Waals surface area contributed by atoms with Crippen molar-refractivity contribution in [2.24, 2.45) is 0 Å². The van der Waals surface area contributed by atoms with Crippen molar-refractivity contribution in [1.82, 2.24) is 9.55 Å². The second kappa shape index (κ2) is 8.57. The molecule has 3 aromatic carbocycles. The molecule has 0 atom stereocenters. The van der Waals surface area contributed by atoms with E-state index in [1.807, 2.05) is 66.9 Å². The number of rotatable bonds is 4. The van der Waals surface area contributed by atoms with E-state index in [0.29, 0.717) is 18.5 Å². The van der Waals surface area contributed by atoms with Gasteiger partial charge in [-0.1, -0.05) is 36.4 Å². The van der Waals surface area contributed by atoms with E-state index in [9.17, 15) is 9.59 Å². The van der Waals surface area contributed by atoms with Crippen molar-refractivity contribution in [2.75, 3.05) is 10.6 Å². The standard InChI is InChI=1S/C29H22N4O2/c34-28-6-1-2-14-33(28)15-12-19-7-10-25-27(16-19)32-29(35)24-9-8-20(17-26(24)31-25)22-5-3-4-21-18-30-13-11-23(21)22/h1-11,13-14,16-18,31H,12,15H2,(H,32,35). The molecule has 170 valence electrons. The molecule has 0 radical (unpaired) electrons. The van der Waals surface area contributed by atoms with Gasteiger partial charge in [0.25, 0.3) is 11.5 Å². The summed E-state index contributed by atoms with van der Waals surface area (Å²) in [6, 6.07) is 25.1. The van der Waals surface area contributed by atoms with Gasteiger partial charge in [-0.05, 0) is 64.9 Å². The van der Waals surface area contributed by atoms with Crippen LogP contribution in [0.4, 0.5) is 17.1 Å². The van der Waals surface area contributed by atoms with Gasteiger partial charge in [-0.2, -0.15) is 0 Å². The maximum atomic E-state index is 13.1. The lowest BCUT2D eigenvalue weighted by molar-refractivity contribution is 0.102. The molecule has 5 aromatic rings. The number of hydrogen-bond acceptors (Lipinski definition) is 4. The van der Waals surface area contributed by atoms with E-state index in [2.05, 4.69) is 21.7 Å². The van der Waals surface area contributed by atoms with Crippen LogP contribution < -0.4 is 16.2 Å². The summed E-state index contributed by atoms with van der Waals surface area (Å²) in [7, 11) is 0. The molecule has 6 heteroatoms. The van der Waals surface area contributed by atoms with E-state index in [1.54, 1.807) is 29.1 Å². The quantitative estimate of drug-likeness (QED) is 0.367. The van der Waals surface area contributed by atoms with Crippen molar-refractivity contribution in [3.05, 3.63) is 119 Å². The number of benzene rings is 3. The van der Waals surface area contributed by atoms with Crippen LogP contribution in [0.2, 0.25) is 0 Å². The Morgan fingerprint density at radius 3 is 2.63 bits per heavy atom. The highest BCUT2D eigenvalue weighted by molar-refractivity contribution is 6.13. The molecule has 2 N–H and O–H groups in total. The highest BCUT2D eigenvalue weighted by Gasteiger charge is 2.20. The molecule has 0 fully saturated rings. The third kappa shape index (κ3) is 3.95. The molecule has 0 aliphatic carbocycles. The molecule has 6 rings (SSSR count). The number of amides is 1. The Hall–Kier alpha value is -4.71. The maximum absolute atomic E-state index is 13.1. The molecule has 35 heavy (non-hydrogen) atoms. The van der Waals surface area contributed by atoms with Crippen molar-refractivity contribution in [1.29, 1.82) is 0 Å². The Balaban J connectivity index is 1.32. The molecule has 1 aliphatic heterocycles. The fourth-order valence-corrected chi connectivity index (χ4v) is 4.58. The number of nitrogens with one attached hydrogen (secondary N) is 2. The molecule has 0 unspecified atom stereocenters. The summed E-state index contributed by atoms with van der Waals surface area (Å²) in [4.78, 5) is 29.3. The van der Waals surface area contributed by atoms with Gasteiger partial charge in [-0.15, -0.1) is 0 Å². The topological polar surface area (TPSA) is 76.0 Å². The predicted octanol–water partition coefficient (Wildman–Crippen LogP) is 5.62. The smallest absolute Gasteiger partial charge is 0.257 e. The van der Waals surface area contributed by atoms with Gasteiger partial charge < -0.3 is 15.2 Å². The van der Waals surface area contributed by atoms with E-state index in [0.717, 1.165) is 44.5 Å². The number of anilines is 3.